The Balaban J connectivity index is 2.39. The maximum Gasteiger partial charge on any atom is 0.224 e. The van der Waals surface area contributed by atoms with Crippen LogP contribution in [0.4, 0.5) is 0 Å². The summed E-state index contributed by atoms with van der Waals surface area (Å²) in [6, 6.07) is 0.851. The van der Waals surface area contributed by atoms with E-state index in [2.05, 4.69) is 19.2 Å². The van der Waals surface area contributed by atoms with Gasteiger partial charge in [-0.3, -0.25) is 4.79 Å². The highest BCUT2D eigenvalue weighted by Gasteiger charge is 2.26. The summed E-state index contributed by atoms with van der Waals surface area (Å²) in [5.74, 6) is 2.51. The molecule has 0 aromatic heterocycles. The van der Waals surface area contributed by atoms with E-state index in [1.165, 1.54) is 5.75 Å². The predicted molar refractivity (Wildman–Crippen MR) is 77.1 cm³/mol. The molecule has 5 heteroatoms. The average molecular weight is 274 g/mol. The fourth-order valence-corrected chi connectivity index (χ4v) is 3.30. The topological polar surface area (TPSA) is 41.6 Å². The Morgan fingerprint density at radius 1 is 1.56 bits per heavy atom. The van der Waals surface area contributed by atoms with Gasteiger partial charge in [0.2, 0.25) is 5.91 Å². The fraction of sp³-hybridized carbons (Fsp3) is 0.923. The molecule has 106 valence electrons. The van der Waals surface area contributed by atoms with Gasteiger partial charge in [-0.1, -0.05) is 13.8 Å². The van der Waals surface area contributed by atoms with E-state index < -0.39 is 0 Å². The number of nitrogens with zero attached hydrogens (tertiary/aromatic N) is 1. The molecule has 1 fully saturated rings. The van der Waals surface area contributed by atoms with E-state index in [-0.39, 0.29) is 5.91 Å². The van der Waals surface area contributed by atoms with Gasteiger partial charge >= 0.3 is 0 Å². The van der Waals surface area contributed by atoms with E-state index in [1.54, 1.807) is 7.11 Å². The van der Waals surface area contributed by atoms with E-state index >= 15 is 0 Å². The lowest BCUT2D eigenvalue weighted by Gasteiger charge is -2.28. The molecule has 0 bridgehead atoms. The Morgan fingerprint density at radius 3 is 2.89 bits per heavy atom. The molecule has 1 amide bonds. The van der Waals surface area contributed by atoms with E-state index in [1.807, 2.05) is 16.7 Å². The Labute approximate surface area is 115 Å². The van der Waals surface area contributed by atoms with Gasteiger partial charge in [0.1, 0.15) is 0 Å². The Morgan fingerprint density at radius 2 is 2.33 bits per heavy atom. The zero-order chi connectivity index (χ0) is 13.4. The molecular formula is C13H26N2O2S. The van der Waals surface area contributed by atoms with Crippen LogP contribution in [0.2, 0.25) is 0 Å². The molecule has 0 radical (unpaired) electrons. The van der Waals surface area contributed by atoms with Crippen molar-refractivity contribution >= 4 is 17.7 Å². The third kappa shape index (κ3) is 5.59. The highest BCUT2D eigenvalue weighted by Crippen LogP contribution is 2.22. The lowest BCUT2D eigenvalue weighted by molar-refractivity contribution is -0.133. The molecule has 1 aliphatic rings. The molecule has 1 aliphatic heterocycles. The summed E-state index contributed by atoms with van der Waals surface area (Å²) < 4.78 is 5.11. The van der Waals surface area contributed by atoms with E-state index in [0.29, 0.717) is 25.1 Å². The van der Waals surface area contributed by atoms with Crippen molar-refractivity contribution in [2.24, 2.45) is 0 Å². The van der Waals surface area contributed by atoms with E-state index in [9.17, 15) is 4.79 Å². The van der Waals surface area contributed by atoms with Gasteiger partial charge < -0.3 is 15.0 Å². The van der Waals surface area contributed by atoms with Crippen molar-refractivity contribution in [3.05, 3.63) is 0 Å². The van der Waals surface area contributed by atoms with Crippen LogP contribution in [-0.2, 0) is 9.53 Å². The van der Waals surface area contributed by atoms with Crippen molar-refractivity contribution in [2.45, 2.75) is 38.8 Å². The summed E-state index contributed by atoms with van der Waals surface area (Å²) in [7, 11) is 1.69. The third-order valence-electron chi connectivity index (χ3n) is 3.09. The van der Waals surface area contributed by atoms with E-state index in [0.717, 1.165) is 25.3 Å². The number of carbonyl (C=O) groups is 1. The van der Waals surface area contributed by atoms with Crippen molar-refractivity contribution in [2.75, 3.05) is 38.3 Å². The number of carbonyl (C=O) groups excluding carboxylic acids is 1. The van der Waals surface area contributed by atoms with Crippen molar-refractivity contribution in [3.8, 4) is 0 Å². The lowest BCUT2D eigenvalue weighted by atomic mass is 10.2. The fourth-order valence-electron chi connectivity index (χ4n) is 2.08. The minimum absolute atomic E-state index is 0.257. The Bertz CT molecular complexity index is 243. The molecule has 0 aromatic rings. The zero-order valence-corrected chi connectivity index (χ0v) is 12.6. The molecule has 0 aliphatic carbocycles. The van der Waals surface area contributed by atoms with Crippen LogP contribution in [0.15, 0.2) is 0 Å². The van der Waals surface area contributed by atoms with Crippen LogP contribution in [0.3, 0.4) is 0 Å². The molecule has 1 heterocycles. The predicted octanol–water partition coefficient (Wildman–Crippen LogP) is 1.35. The van der Waals surface area contributed by atoms with Crippen LogP contribution < -0.4 is 5.32 Å². The number of rotatable bonds is 8. The van der Waals surface area contributed by atoms with Gasteiger partial charge in [-0.15, -0.1) is 0 Å². The molecule has 1 N–H and O–H groups in total. The SMILES string of the molecule is COCCN(C(=O)CCNC(C)C)C1CCSC1. The van der Waals surface area contributed by atoms with Crippen LogP contribution in [-0.4, -0.2) is 61.2 Å². The number of thioether (sulfide) groups is 1. The van der Waals surface area contributed by atoms with Gasteiger partial charge in [0.15, 0.2) is 0 Å². The Hall–Kier alpha value is -0.260. The van der Waals surface area contributed by atoms with Crippen LogP contribution in [0, 0.1) is 0 Å². The Kier molecular flexibility index (Phi) is 7.70. The van der Waals surface area contributed by atoms with Crippen LogP contribution in [0.1, 0.15) is 26.7 Å². The number of hydrogen-bond donors (Lipinski definition) is 1. The molecule has 0 spiro atoms. The summed E-state index contributed by atoms with van der Waals surface area (Å²) in [5, 5.41) is 3.29. The third-order valence-corrected chi connectivity index (χ3v) is 4.24. The molecular weight excluding hydrogens is 248 g/mol. The van der Waals surface area contributed by atoms with Crippen LogP contribution in [0.5, 0.6) is 0 Å². The van der Waals surface area contributed by atoms with Crippen molar-refractivity contribution in [1.29, 1.82) is 0 Å². The molecule has 18 heavy (non-hydrogen) atoms. The number of amides is 1. The van der Waals surface area contributed by atoms with Gasteiger partial charge in [-0.25, -0.2) is 0 Å². The maximum absolute atomic E-state index is 12.2. The van der Waals surface area contributed by atoms with Crippen molar-refractivity contribution in [3.63, 3.8) is 0 Å². The number of methoxy groups -OCH3 is 1. The maximum atomic E-state index is 12.2. The first-order chi connectivity index (χ1) is 8.65. The second-order valence-corrected chi connectivity index (χ2v) is 6.11. The standard InChI is InChI=1S/C13H26N2O2S/c1-11(2)14-6-4-13(16)15(7-8-17-3)12-5-9-18-10-12/h11-12,14H,4-10H2,1-3H3. The van der Waals surface area contributed by atoms with Gasteiger partial charge in [0.25, 0.3) is 0 Å². The zero-order valence-electron chi connectivity index (χ0n) is 11.8. The highest BCUT2D eigenvalue weighted by atomic mass is 32.2. The van der Waals surface area contributed by atoms with Crippen molar-refractivity contribution in [1.82, 2.24) is 10.2 Å². The minimum atomic E-state index is 0.257. The quantitative estimate of drug-likeness (QED) is 0.725. The molecule has 0 saturated carbocycles. The largest absolute Gasteiger partial charge is 0.383 e. The van der Waals surface area contributed by atoms with Crippen LogP contribution >= 0.6 is 11.8 Å². The summed E-state index contributed by atoms with van der Waals surface area (Å²) >= 11 is 1.94. The van der Waals surface area contributed by atoms with Gasteiger partial charge in [0.05, 0.1) is 6.61 Å². The monoisotopic (exact) mass is 274 g/mol. The molecule has 4 nitrogen and oxygen atoms in total. The second kappa shape index (κ2) is 8.77. The highest BCUT2D eigenvalue weighted by molar-refractivity contribution is 7.99. The first kappa shape index (κ1) is 15.8. The number of nitrogens with one attached hydrogen (secondary N) is 1. The number of hydrogen-bond acceptors (Lipinski definition) is 4. The summed E-state index contributed by atoms with van der Waals surface area (Å²) in [4.78, 5) is 14.3. The van der Waals surface area contributed by atoms with Crippen LogP contribution in [0.25, 0.3) is 0 Å². The summed E-state index contributed by atoms with van der Waals surface area (Å²) in [6.45, 7) is 6.31. The van der Waals surface area contributed by atoms with Crippen molar-refractivity contribution < 1.29 is 9.53 Å². The molecule has 0 aromatic carbocycles. The smallest absolute Gasteiger partial charge is 0.224 e. The first-order valence-electron chi connectivity index (χ1n) is 6.74. The lowest BCUT2D eigenvalue weighted by Crippen LogP contribution is -2.43. The first-order valence-corrected chi connectivity index (χ1v) is 7.90. The average Bonchev–Trinajstić information content (AvgIpc) is 2.82. The number of ether oxygens (including phenoxy) is 1. The second-order valence-electron chi connectivity index (χ2n) is 4.96. The van der Waals surface area contributed by atoms with E-state index in [4.69, 9.17) is 4.74 Å². The van der Waals surface area contributed by atoms with Gasteiger partial charge in [0, 0.05) is 44.5 Å². The molecule has 1 rings (SSSR count). The molecule has 1 unspecified atom stereocenters. The summed E-state index contributed by atoms with van der Waals surface area (Å²) in [6.07, 6.45) is 1.71. The minimum Gasteiger partial charge on any atom is -0.383 e. The molecule has 1 atom stereocenters. The summed E-state index contributed by atoms with van der Waals surface area (Å²) in [5.41, 5.74) is 0. The molecule has 1 saturated heterocycles. The van der Waals surface area contributed by atoms with Gasteiger partial charge in [-0.2, -0.15) is 11.8 Å². The normalized spacial score (nSPS) is 19.4. The van der Waals surface area contributed by atoms with Gasteiger partial charge in [-0.05, 0) is 12.2 Å².